The van der Waals surface area contributed by atoms with Gasteiger partial charge >= 0.3 is 0 Å². The summed E-state index contributed by atoms with van der Waals surface area (Å²) >= 11 is 0. The summed E-state index contributed by atoms with van der Waals surface area (Å²) in [4.78, 5) is 19.2. The van der Waals surface area contributed by atoms with Crippen LogP contribution in [-0.4, -0.2) is 24.5 Å². The first-order valence-corrected chi connectivity index (χ1v) is 15.0. The highest BCUT2D eigenvalue weighted by atomic mass is 15.1. The predicted octanol–water partition coefficient (Wildman–Crippen LogP) is 9.67. The molecule has 0 bridgehead atoms. The van der Waals surface area contributed by atoms with Gasteiger partial charge in [0.25, 0.3) is 0 Å². The second kappa shape index (κ2) is 10.2. The van der Waals surface area contributed by atoms with Gasteiger partial charge in [-0.3, -0.25) is 14.5 Å². The summed E-state index contributed by atoms with van der Waals surface area (Å²) < 4.78 is 2.17. The second-order valence-corrected chi connectivity index (χ2v) is 11.2. The lowest BCUT2D eigenvalue weighted by Crippen LogP contribution is -1.98. The number of rotatable bonds is 4. The lowest BCUT2D eigenvalue weighted by atomic mass is 9.91. The molecule has 0 unspecified atom stereocenters. The molecule has 0 N–H and O–H groups in total. The normalized spacial score (nSPS) is 11.6. The Balaban J connectivity index is 1.25. The average molecular weight is 576 g/mol. The zero-order chi connectivity index (χ0) is 29.7. The molecule has 0 fully saturated rings. The number of hydrogen-bond acceptors (Lipinski definition) is 4. The average Bonchev–Trinajstić information content (AvgIpc) is 3.45. The molecule has 0 saturated heterocycles. The van der Waals surface area contributed by atoms with E-state index in [0.29, 0.717) is 0 Å². The van der Waals surface area contributed by atoms with Crippen molar-refractivity contribution in [1.82, 2.24) is 24.5 Å². The minimum Gasteiger partial charge on any atom is -0.292 e. The Hall–Kier alpha value is -6.20. The summed E-state index contributed by atoms with van der Waals surface area (Å²) in [7, 11) is 0. The van der Waals surface area contributed by atoms with Crippen molar-refractivity contribution in [2.45, 2.75) is 0 Å². The van der Waals surface area contributed by atoms with E-state index in [0.717, 1.165) is 50.4 Å². The molecule has 0 atom stereocenters. The maximum Gasteiger partial charge on any atom is 0.137 e. The van der Waals surface area contributed by atoms with E-state index >= 15 is 0 Å². The SMILES string of the molecule is c1ccc(-c2cc(-c3c4ccccc4cc4ccccc34)cc(-c3ccc(-n4c5ccccc5c5ccncc54)nc3)n2)nc1. The van der Waals surface area contributed by atoms with Gasteiger partial charge < -0.3 is 0 Å². The molecule has 9 aromatic rings. The number of benzene rings is 4. The van der Waals surface area contributed by atoms with E-state index < -0.39 is 0 Å². The first kappa shape index (κ1) is 25.3. The monoisotopic (exact) mass is 575 g/mol. The van der Waals surface area contributed by atoms with Crippen molar-refractivity contribution in [2.75, 3.05) is 0 Å². The number of pyridine rings is 4. The Bertz CT molecular complexity index is 2430. The molecule has 0 amide bonds. The highest BCUT2D eigenvalue weighted by Crippen LogP contribution is 2.39. The fourth-order valence-corrected chi connectivity index (χ4v) is 6.53. The van der Waals surface area contributed by atoms with Gasteiger partial charge in [0.15, 0.2) is 0 Å². The summed E-state index contributed by atoms with van der Waals surface area (Å²) in [6.45, 7) is 0. The second-order valence-electron chi connectivity index (χ2n) is 11.2. The van der Waals surface area contributed by atoms with Gasteiger partial charge in [-0.1, -0.05) is 72.8 Å². The van der Waals surface area contributed by atoms with Crippen LogP contribution in [0.2, 0.25) is 0 Å². The fourth-order valence-electron chi connectivity index (χ4n) is 6.53. The maximum absolute atomic E-state index is 5.13. The number of para-hydroxylation sites is 1. The zero-order valence-corrected chi connectivity index (χ0v) is 24.2. The Morgan fingerprint density at radius 2 is 1.16 bits per heavy atom. The topological polar surface area (TPSA) is 56.5 Å². The van der Waals surface area contributed by atoms with Crippen LogP contribution in [0.5, 0.6) is 0 Å². The quantitative estimate of drug-likeness (QED) is 0.196. The minimum absolute atomic E-state index is 0.817. The minimum atomic E-state index is 0.817. The van der Waals surface area contributed by atoms with Gasteiger partial charge in [-0.15, -0.1) is 0 Å². The molecule has 9 rings (SSSR count). The van der Waals surface area contributed by atoms with Crippen LogP contribution in [0.3, 0.4) is 0 Å². The molecule has 45 heavy (non-hydrogen) atoms. The van der Waals surface area contributed by atoms with Crippen molar-refractivity contribution in [3.05, 3.63) is 152 Å². The summed E-state index contributed by atoms with van der Waals surface area (Å²) in [6, 6.07) is 44.4. The highest BCUT2D eigenvalue weighted by Gasteiger charge is 2.16. The molecule has 0 aliphatic rings. The molecule has 4 aromatic carbocycles. The van der Waals surface area contributed by atoms with Crippen LogP contribution in [0.25, 0.3) is 82.9 Å². The first-order valence-electron chi connectivity index (χ1n) is 15.0. The molecule has 5 nitrogen and oxygen atoms in total. The molecule has 5 heteroatoms. The zero-order valence-electron chi connectivity index (χ0n) is 24.2. The van der Waals surface area contributed by atoms with Crippen molar-refractivity contribution in [1.29, 1.82) is 0 Å². The van der Waals surface area contributed by atoms with Crippen LogP contribution >= 0.6 is 0 Å². The maximum atomic E-state index is 5.13. The lowest BCUT2D eigenvalue weighted by Gasteiger charge is -2.15. The van der Waals surface area contributed by atoms with Gasteiger partial charge in [0.2, 0.25) is 0 Å². The Morgan fingerprint density at radius 1 is 0.444 bits per heavy atom. The van der Waals surface area contributed by atoms with E-state index in [1.165, 1.54) is 32.5 Å². The Labute approximate surface area is 259 Å². The highest BCUT2D eigenvalue weighted by molar-refractivity contribution is 6.13. The largest absolute Gasteiger partial charge is 0.292 e. The number of fused-ring (bicyclic) bond motifs is 5. The third-order valence-corrected chi connectivity index (χ3v) is 8.56. The summed E-state index contributed by atoms with van der Waals surface area (Å²) in [5, 5.41) is 7.15. The molecular formula is C40H25N5. The molecule has 5 aromatic heterocycles. The van der Waals surface area contributed by atoms with Crippen molar-refractivity contribution < 1.29 is 0 Å². The third-order valence-electron chi connectivity index (χ3n) is 8.56. The number of hydrogen-bond donors (Lipinski definition) is 0. The standard InChI is InChI=1S/C40H25N5/c1-3-11-30-26(9-1)21-27-10-2-4-12-31(27)40(30)29-22-35(44-36(23-29)34-14-7-8-19-42-34)28-16-17-39(43-24-28)45-37-15-6-5-13-32(37)33-18-20-41-25-38(33)45/h1-25H. The summed E-state index contributed by atoms with van der Waals surface area (Å²) in [5.41, 5.74) is 7.82. The molecule has 0 aliphatic carbocycles. The predicted molar refractivity (Wildman–Crippen MR) is 183 cm³/mol. The van der Waals surface area contributed by atoms with E-state index in [1.807, 2.05) is 43.0 Å². The van der Waals surface area contributed by atoms with Crippen LogP contribution in [0.1, 0.15) is 0 Å². The smallest absolute Gasteiger partial charge is 0.137 e. The van der Waals surface area contributed by atoms with Crippen LogP contribution in [0.4, 0.5) is 0 Å². The van der Waals surface area contributed by atoms with Crippen LogP contribution in [0.15, 0.2) is 152 Å². The van der Waals surface area contributed by atoms with Crippen molar-refractivity contribution in [2.24, 2.45) is 0 Å². The van der Waals surface area contributed by atoms with Crippen molar-refractivity contribution in [3.63, 3.8) is 0 Å². The van der Waals surface area contributed by atoms with Crippen molar-refractivity contribution >= 4 is 43.4 Å². The first-order chi connectivity index (χ1) is 22.3. The summed E-state index contributed by atoms with van der Waals surface area (Å²) in [6.07, 6.45) is 7.48. The van der Waals surface area contributed by atoms with Gasteiger partial charge in [-0.25, -0.2) is 9.97 Å². The molecule has 210 valence electrons. The molecule has 0 aliphatic heterocycles. The van der Waals surface area contributed by atoms with Gasteiger partial charge in [-0.05, 0) is 87.3 Å². The van der Waals surface area contributed by atoms with Crippen LogP contribution in [-0.2, 0) is 0 Å². The van der Waals surface area contributed by atoms with Gasteiger partial charge in [-0.2, -0.15) is 0 Å². The van der Waals surface area contributed by atoms with Gasteiger partial charge in [0, 0.05) is 34.9 Å². The van der Waals surface area contributed by atoms with E-state index in [1.54, 1.807) is 0 Å². The molecular weight excluding hydrogens is 550 g/mol. The molecule has 0 radical (unpaired) electrons. The van der Waals surface area contributed by atoms with Gasteiger partial charge in [0.05, 0.1) is 34.3 Å². The number of aromatic nitrogens is 5. The Morgan fingerprint density at radius 3 is 1.91 bits per heavy atom. The molecule has 0 spiro atoms. The molecule has 0 saturated carbocycles. The van der Waals surface area contributed by atoms with Crippen LogP contribution < -0.4 is 0 Å². The van der Waals surface area contributed by atoms with E-state index in [9.17, 15) is 0 Å². The van der Waals surface area contributed by atoms with E-state index in [2.05, 4.69) is 124 Å². The van der Waals surface area contributed by atoms with Gasteiger partial charge in [0.1, 0.15) is 5.82 Å². The lowest BCUT2D eigenvalue weighted by molar-refractivity contribution is 1.07. The van der Waals surface area contributed by atoms with E-state index in [4.69, 9.17) is 9.97 Å². The summed E-state index contributed by atoms with van der Waals surface area (Å²) in [5.74, 6) is 0.833. The number of nitrogens with zero attached hydrogens (tertiary/aromatic N) is 5. The van der Waals surface area contributed by atoms with E-state index in [-0.39, 0.29) is 0 Å². The fraction of sp³-hybridized carbons (Fsp3) is 0. The van der Waals surface area contributed by atoms with Crippen LogP contribution in [0, 0.1) is 0 Å². The van der Waals surface area contributed by atoms with Crippen molar-refractivity contribution in [3.8, 4) is 39.6 Å². The third kappa shape index (κ3) is 4.17. The molecule has 5 heterocycles. The Kier molecular flexibility index (Phi) is 5.74.